The summed E-state index contributed by atoms with van der Waals surface area (Å²) in [6.07, 6.45) is 1.89. The monoisotopic (exact) mass is 2600 g/mol. The Morgan fingerprint density at radius 3 is 0.919 bits per heavy atom. The second-order valence-electron chi connectivity index (χ2n) is 38.8. The Hall–Kier alpha value is -1.02. The Morgan fingerprint density at radius 1 is 0.268 bits per heavy atom. The number of hydrogen-bond donors (Lipinski definition) is 6. The van der Waals surface area contributed by atoms with Crippen LogP contribution in [0.15, 0.2) is 206 Å². The molecule has 12 rings (SSSR count). The van der Waals surface area contributed by atoms with Gasteiger partial charge in [-0.1, -0.05) is 252 Å². The molecule has 0 fully saturated rings. The molecule has 0 aliphatic rings. The molecule has 6 unspecified atom stereocenters. The molecule has 40 heteroatoms. The van der Waals surface area contributed by atoms with Crippen molar-refractivity contribution < 1.29 is 155 Å². The molecule has 12 aromatic carbocycles. The Kier molecular flexibility index (Phi) is 76.0. The van der Waals surface area contributed by atoms with E-state index in [4.69, 9.17) is 112 Å². The molecule has 12 nitrogen and oxygen atoms in total. The minimum atomic E-state index is -0.556. The number of para-hydroxylation sites is 2. The third kappa shape index (κ3) is 58.9. The van der Waals surface area contributed by atoms with Crippen molar-refractivity contribution in [3.63, 3.8) is 0 Å². The van der Waals surface area contributed by atoms with Crippen molar-refractivity contribution in [2.75, 3.05) is 84.6 Å². The molecule has 0 saturated heterocycles. The van der Waals surface area contributed by atoms with Gasteiger partial charge in [0.25, 0.3) is 0 Å². The minimum absolute atomic E-state index is 0.0483. The number of halogens is 16. The molecule has 0 saturated carbocycles. The summed E-state index contributed by atoms with van der Waals surface area (Å²) in [6.45, 7) is 37.8. The van der Waals surface area contributed by atoms with E-state index in [1.807, 2.05) is 183 Å². The Labute approximate surface area is 997 Å². The quantitative estimate of drug-likeness (QED) is 0.0120. The van der Waals surface area contributed by atoms with Gasteiger partial charge in [0.1, 0.15) is 71.9 Å². The second-order valence-corrected chi connectivity index (χ2v) is 62.2. The Balaban J connectivity index is 0.000000866. The van der Waals surface area contributed by atoms with Gasteiger partial charge in [-0.25, -0.2) is 22.1 Å². The third-order valence-electron chi connectivity index (χ3n) is 20.9. The van der Waals surface area contributed by atoms with Crippen LogP contribution in [-0.4, -0.2) is 151 Å². The molecule has 0 aromatic heterocycles. The van der Waals surface area contributed by atoms with Crippen molar-refractivity contribution in [2.24, 2.45) is 0 Å². The van der Waals surface area contributed by atoms with E-state index in [1.54, 1.807) is 48.5 Å². The molecule has 6 N–H and O–H groups in total. The number of phenols is 6. The average Bonchev–Trinajstić information content (AvgIpc) is 0.777. The van der Waals surface area contributed by atoms with Gasteiger partial charge in [-0.2, -0.15) is 0 Å². The van der Waals surface area contributed by atoms with Crippen molar-refractivity contribution in [3.8, 4) is 34.5 Å². The number of hydrogen-bond acceptors (Lipinski definition) is 11. The van der Waals surface area contributed by atoms with Gasteiger partial charge in [0.15, 0.2) is 6.21 Å². The van der Waals surface area contributed by atoms with Gasteiger partial charge in [-0.05, 0) is 313 Å². The molecule has 0 aliphatic carbocycles. The first-order chi connectivity index (χ1) is 69.7. The van der Waals surface area contributed by atoms with Crippen LogP contribution in [-0.2, 0) is 151 Å². The second kappa shape index (κ2) is 77.5. The topological polar surface area (TPSA) is 141 Å². The zero-order valence-electron chi connectivity index (χ0n) is 89.7. The summed E-state index contributed by atoms with van der Waals surface area (Å²) in [5, 5.41) is 74.3. The van der Waals surface area contributed by atoms with Crippen LogP contribution in [0.3, 0.4) is 0 Å². The summed E-state index contributed by atoms with van der Waals surface area (Å²) >= 11 is -3.33. The van der Waals surface area contributed by atoms with Crippen LogP contribution >= 0.6 is 163 Å². The first-order valence-electron chi connectivity index (χ1n) is 46.1. The Morgan fingerprint density at radius 2 is 0.550 bits per heavy atom. The molecule has 12 aromatic rings. The first kappa shape index (κ1) is 146. The van der Waals surface area contributed by atoms with Crippen LogP contribution in [0.1, 0.15) is 151 Å². The van der Waals surface area contributed by atoms with E-state index < -0.39 is 102 Å². The van der Waals surface area contributed by atoms with Crippen LogP contribution in [0.5, 0.6) is 34.5 Å². The molecule has 149 heavy (non-hydrogen) atoms. The van der Waals surface area contributed by atoms with Crippen LogP contribution in [0, 0.1) is 71.7 Å². The number of phenolic OH excluding ortho intramolecular Hbond substituents is 6. The maximum absolute atomic E-state index is 13.5. The van der Waals surface area contributed by atoms with Gasteiger partial charge in [-0.3, -0.25) is 0 Å². The zero-order chi connectivity index (χ0) is 114. The van der Waals surface area contributed by atoms with Gasteiger partial charge >= 0.3 is 214 Å². The molecule has 0 aliphatic heterocycles. The van der Waals surface area contributed by atoms with E-state index in [-0.39, 0.29) is 45.3 Å². The summed E-state index contributed by atoms with van der Waals surface area (Å²) < 4.78 is 55.5. The van der Waals surface area contributed by atoms with Crippen molar-refractivity contribution in [2.45, 2.75) is 160 Å². The first-order valence-corrected chi connectivity index (χ1v) is 77.9. The standard InChI is InChI=1S/C24H36NOP.C21H30NOP.C17H21FNOP.C16H17FNOP.C16H19FNOP.C15H17FNOP.12ClH.6Ti/c1-16-10-11-20(17(12-16)15-25(8)9)27-21-14-18(23(2,3)4)13-19(22(21)26)24(5,6)7;1-14-8-9-18(16(10-14)13-22(6)7)24-19-12-17(21(3,4)5)11-15(2)20(19)23;1-11-7-12(2)17(20)16(8-11)21-15-6-5-14(18)9-13(15)10-19(3)4;1-11-4-6-14(19)16(8-11)20-15-7-5-13(17)9-12(15)10-18(2)3;1-11-5-4-6-15(16(11)19)20-14-8-7-13(17)9-12(14)10-18(2)3;1-17(2)10-11-9-12(16)7-8-14(11)19-15-6-4-3-5-13(15)18;;;;;;;;;;;;;;;;;;/h10-14,26-27H,15H2,1-9H3;8-12,23-24H,13H2,1-7H3;5-9,20-21H,10H2,1-4H3;4-10,20H,1-3H3;4-9,19-20H,10H2,1-3H3;3-9,18-19H,10H2,1-2H3;12*1H;;;;;;/q;;;;;;;;;;;;;;;;;;6*+2/p-11. The van der Waals surface area contributed by atoms with Gasteiger partial charge < -0.3 is 55.1 Å². The molecule has 0 bridgehead atoms. The van der Waals surface area contributed by atoms with Crippen LogP contribution < -0.4 is 63.7 Å². The summed E-state index contributed by atoms with van der Waals surface area (Å²) in [5.74, 6) is 1.26. The van der Waals surface area contributed by atoms with Gasteiger partial charge in [-0.15, -0.1) is 0 Å². The van der Waals surface area contributed by atoms with E-state index in [0.717, 1.165) is 122 Å². The maximum atomic E-state index is 13.5. The van der Waals surface area contributed by atoms with E-state index in [9.17, 15) is 48.2 Å². The number of rotatable bonds is 23. The number of aromatic hydroxyl groups is 6. The fourth-order valence-electron chi connectivity index (χ4n) is 14.2. The van der Waals surface area contributed by atoms with E-state index in [1.165, 1.54) is 74.3 Å². The summed E-state index contributed by atoms with van der Waals surface area (Å²) in [6, 6.07) is 63.9. The van der Waals surface area contributed by atoms with Crippen molar-refractivity contribution in [3.05, 3.63) is 319 Å². The summed E-state index contributed by atoms with van der Waals surface area (Å²) in [7, 11) is 84.8. The molecular formula is C109H141Cl12F4N6O6P6Ti6+. The van der Waals surface area contributed by atoms with Crippen LogP contribution in [0.25, 0.3) is 0 Å². The fourth-order valence-corrected chi connectivity index (χ4v) is 21.8. The van der Waals surface area contributed by atoms with E-state index in [2.05, 4.69) is 175 Å². The molecule has 0 radical (unpaired) electrons. The molecular weight excluding hydrogens is 2460 g/mol. The van der Waals surface area contributed by atoms with Crippen molar-refractivity contribution >= 4 is 233 Å². The SMILES string of the molecule is CN(C)Cc1cc(F)ccc1Pc1ccccc1O.Cc1cc(C)c(O)c(Pc2ccc(F)cc2CN(C)C)c1.Cc1ccc(O)c(Pc2ccc(F)cc2C=[N+](C)C)c1.Cc1ccc(Pc2cc(C(C)(C)C)cc(C(C)(C)C)c2O)c(CN(C)C)c1.Cc1ccc(Pc2cc(C(C)(C)C)cc(C)c2O)c(CN(C)C)c1.Cc1cccc(Pc2ccc(F)cc2CN(C)C)c1O.[Cl][Ti][Cl].[Cl][Ti][Cl].[Cl][Ti][Cl].[Cl][Ti][Cl].[Cl][Ti][Cl].[Cl][Ti][Cl]. The van der Waals surface area contributed by atoms with Crippen molar-refractivity contribution in [1.82, 2.24) is 24.5 Å². The van der Waals surface area contributed by atoms with Gasteiger partial charge in [0, 0.05) is 75.7 Å². The fraction of sp³-hybridized carbons (Fsp3) is 0.330. The number of nitrogens with zero attached hydrogens (tertiary/aromatic N) is 6. The summed E-state index contributed by atoms with van der Waals surface area (Å²) in [5.41, 5.74) is 17.6. The molecule has 808 valence electrons. The normalized spacial score (nSPS) is 11.1. The van der Waals surface area contributed by atoms with E-state index >= 15 is 0 Å². The van der Waals surface area contributed by atoms with Crippen LogP contribution in [0.2, 0.25) is 0 Å². The van der Waals surface area contributed by atoms with E-state index in [0.29, 0.717) is 99.9 Å². The van der Waals surface area contributed by atoms with Gasteiger partial charge in [0.05, 0.1) is 0 Å². The predicted molar refractivity (Wildman–Crippen MR) is 636 cm³/mol. The van der Waals surface area contributed by atoms with Crippen molar-refractivity contribution in [1.29, 1.82) is 0 Å². The zero-order valence-corrected chi connectivity index (χ0v) is 114. The van der Waals surface area contributed by atoms with Crippen LogP contribution in [0.4, 0.5) is 17.6 Å². The van der Waals surface area contributed by atoms with Gasteiger partial charge in [0.2, 0.25) is 0 Å². The average molecular weight is 2610 g/mol. The number of aryl methyl sites for hydroxylation is 7. The molecule has 0 spiro atoms. The molecule has 6 atom stereocenters. The predicted octanol–water partition coefficient (Wildman–Crippen LogP) is 27.0. The summed E-state index contributed by atoms with van der Waals surface area (Å²) in [4.78, 5) is 10.4. The third-order valence-corrected chi connectivity index (χ3v) is 29.4. The Bertz CT molecular complexity index is 6080. The molecule has 0 amide bonds. The molecule has 0 heterocycles. The number of benzene rings is 12.